The second-order valence-corrected chi connectivity index (χ2v) is 6.29. The molecule has 2 fully saturated rings. The van der Waals surface area contributed by atoms with Gasteiger partial charge in [-0.15, -0.1) is 0 Å². The Morgan fingerprint density at radius 3 is 2.37 bits per heavy atom. The fourth-order valence-corrected chi connectivity index (χ4v) is 3.74. The molecule has 1 saturated carbocycles. The molecule has 1 aliphatic carbocycles. The van der Waals surface area contributed by atoms with E-state index in [2.05, 4.69) is 35.2 Å². The van der Waals surface area contributed by atoms with E-state index in [-0.39, 0.29) is 6.10 Å². The molecule has 19 heavy (non-hydrogen) atoms. The zero-order chi connectivity index (χ0) is 13.1. The molecule has 0 bridgehead atoms. The van der Waals surface area contributed by atoms with Gasteiger partial charge in [-0.2, -0.15) is 0 Å². The molecule has 2 aliphatic rings. The van der Waals surface area contributed by atoms with Gasteiger partial charge in [0.25, 0.3) is 0 Å². The van der Waals surface area contributed by atoms with E-state index in [9.17, 15) is 5.11 Å². The highest BCUT2D eigenvalue weighted by Gasteiger charge is 2.30. The van der Waals surface area contributed by atoms with Crippen molar-refractivity contribution in [3.8, 4) is 0 Å². The summed E-state index contributed by atoms with van der Waals surface area (Å²) in [4.78, 5) is 2.62. The maximum absolute atomic E-state index is 9.65. The molecule has 1 N–H and O–H groups in total. The Bertz CT molecular complexity index is 384. The van der Waals surface area contributed by atoms with Crippen LogP contribution in [0.1, 0.15) is 37.7 Å². The van der Waals surface area contributed by atoms with Gasteiger partial charge in [0.1, 0.15) is 0 Å². The van der Waals surface area contributed by atoms with Crippen LogP contribution in [-0.2, 0) is 6.42 Å². The van der Waals surface area contributed by atoms with E-state index >= 15 is 0 Å². The van der Waals surface area contributed by atoms with Crippen LogP contribution in [0.2, 0.25) is 0 Å². The van der Waals surface area contributed by atoms with Crippen molar-refractivity contribution in [2.45, 2.75) is 50.7 Å². The second kappa shape index (κ2) is 6.06. The van der Waals surface area contributed by atoms with Gasteiger partial charge in [0, 0.05) is 6.04 Å². The molecule has 1 aromatic carbocycles. The molecule has 2 nitrogen and oxygen atoms in total. The summed E-state index contributed by atoms with van der Waals surface area (Å²) in [5.41, 5.74) is 1.48. The number of benzene rings is 1. The van der Waals surface area contributed by atoms with Crippen molar-refractivity contribution in [1.29, 1.82) is 0 Å². The third-order valence-corrected chi connectivity index (χ3v) is 4.91. The minimum absolute atomic E-state index is 0.0351. The zero-order valence-corrected chi connectivity index (χ0v) is 11.7. The normalized spacial score (nSPS) is 29.7. The van der Waals surface area contributed by atoms with Crippen molar-refractivity contribution < 1.29 is 5.11 Å². The van der Waals surface area contributed by atoms with Gasteiger partial charge in [0.05, 0.1) is 6.10 Å². The summed E-state index contributed by atoms with van der Waals surface area (Å²) in [5.74, 6) is 0.852. The zero-order valence-electron chi connectivity index (χ0n) is 11.7. The molecule has 1 aliphatic heterocycles. The van der Waals surface area contributed by atoms with Gasteiger partial charge in [0.15, 0.2) is 0 Å². The van der Waals surface area contributed by atoms with Crippen LogP contribution >= 0.6 is 0 Å². The molecule has 1 aromatic rings. The first-order chi connectivity index (χ1) is 9.31. The third-order valence-electron chi connectivity index (χ3n) is 4.91. The van der Waals surface area contributed by atoms with E-state index in [0.717, 1.165) is 18.8 Å². The summed E-state index contributed by atoms with van der Waals surface area (Å²) in [6.45, 7) is 2.46. The predicted molar refractivity (Wildman–Crippen MR) is 78.1 cm³/mol. The number of rotatable bonds is 3. The molecule has 104 valence electrons. The second-order valence-electron chi connectivity index (χ2n) is 6.29. The number of likely N-dealkylation sites (tertiary alicyclic amines) is 1. The molecule has 2 atom stereocenters. The summed E-state index contributed by atoms with van der Waals surface area (Å²) in [5, 5.41) is 9.65. The monoisotopic (exact) mass is 259 g/mol. The van der Waals surface area contributed by atoms with Gasteiger partial charge in [0.2, 0.25) is 0 Å². The van der Waals surface area contributed by atoms with Gasteiger partial charge in [-0.1, -0.05) is 30.3 Å². The van der Waals surface area contributed by atoms with E-state index in [0.29, 0.717) is 6.04 Å². The van der Waals surface area contributed by atoms with E-state index in [1.165, 1.54) is 44.3 Å². The molecular formula is C17H25NO. The van der Waals surface area contributed by atoms with Gasteiger partial charge in [-0.3, -0.25) is 0 Å². The number of hydrogen-bond acceptors (Lipinski definition) is 2. The standard InChI is InChI=1S/C17H25NO/c19-17-7-6-16(13-17)18-10-8-15(9-11-18)12-14-4-2-1-3-5-14/h1-5,15-17,19H,6-13H2. The average molecular weight is 259 g/mol. The topological polar surface area (TPSA) is 23.5 Å². The first-order valence-corrected chi connectivity index (χ1v) is 7.77. The van der Waals surface area contributed by atoms with Crippen molar-refractivity contribution in [3.63, 3.8) is 0 Å². The number of aliphatic hydroxyl groups is 1. The highest BCUT2D eigenvalue weighted by atomic mass is 16.3. The van der Waals surface area contributed by atoms with Crippen molar-refractivity contribution in [2.24, 2.45) is 5.92 Å². The van der Waals surface area contributed by atoms with Gasteiger partial charge >= 0.3 is 0 Å². The van der Waals surface area contributed by atoms with Crippen LogP contribution in [0.5, 0.6) is 0 Å². The lowest BCUT2D eigenvalue weighted by atomic mass is 9.89. The van der Waals surface area contributed by atoms with Gasteiger partial charge in [-0.25, -0.2) is 0 Å². The lowest BCUT2D eigenvalue weighted by Crippen LogP contribution is -2.40. The number of piperidine rings is 1. The van der Waals surface area contributed by atoms with Gasteiger partial charge < -0.3 is 10.0 Å². The highest BCUT2D eigenvalue weighted by Crippen LogP contribution is 2.29. The first kappa shape index (κ1) is 13.1. The number of aliphatic hydroxyl groups excluding tert-OH is 1. The fraction of sp³-hybridized carbons (Fsp3) is 0.647. The van der Waals surface area contributed by atoms with Crippen LogP contribution in [0, 0.1) is 5.92 Å². The Kier molecular flexibility index (Phi) is 4.19. The van der Waals surface area contributed by atoms with E-state index in [1.54, 1.807) is 0 Å². The fourth-order valence-electron chi connectivity index (χ4n) is 3.74. The summed E-state index contributed by atoms with van der Waals surface area (Å²) in [6.07, 6.45) is 7.06. The van der Waals surface area contributed by atoms with Crippen molar-refractivity contribution in [3.05, 3.63) is 35.9 Å². The maximum Gasteiger partial charge on any atom is 0.0555 e. The quantitative estimate of drug-likeness (QED) is 0.902. The minimum atomic E-state index is -0.0351. The first-order valence-electron chi connectivity index (χ1n) is 7.77. The molecule has 0 amide bonds. The van der Waals surface area contributed by atoms with E-state index in [4.69, 9.17) is 0 Å². The van der Waals surface area contributed by atoms with E-state index < -0.39 is 0 Å². The predicted octanol–water partition coefficient (Wildman–Crippen LogP) is 2.85. The molecule has 3 rings (SSSR count). The third kappa shape index (κ3) is 3.37. The highest BCUT2D eigenvalue weighted by molar-refractivity contribution is 5.15. The van der Waals surface area contributed by atoms with Crippen LogP contribution in [0.25, 0.3) is 0 Å². The Balaban J connectivity index is 1.47. The SMILES string of the molecule is OC1CCC(N2CCC(Cc3ccccc3)CC2)C1. The maximum atomic E-state index is 9.65. The molecule has 2 unspecified atom stereocenters. The molecule has 1 heterocycles. The lowest BCUT2D eigenvalue weighted by Gasteiger charge is -2.36. The number of nitrogens with zero attached hydrogens (tertiary/aromatic N) is 1. The lowest BCUT2D eigenvalue weighted by molar-refractivity contribution is 0.116. The smallest absolute Gasteiger partial charge is 0.0555 e. The van der Waals surface area contributed by atoms with Crippen molar-refractivity contribution in [2.75, 3.05) is 13.1 Å². The van der Waals surface area contributed by atoms with E-state index in [1.807, 2.05) is 0 Å². The molecule has 0 spiro atoms. The van der Waals surface area contributed by atoms with Crippen LogP contribution in [0.3, 0.4) is 0 Å². The molecule has 1 saturated heterocycles. The molecule has 0 aromatic heterocycles. The summed E-state index contributed by atoms with van der Waals surface area (Å²) in [6, 6.07) is 11.5. The summed E-state index contributed by atoms with van der Waals surface area (Å²) >= 11 is 0. The van der Waals surface area contributed by atoms with Crippen molar-refractivity contribution in [1.82, 2.24) is 4.90 Å². The minimum Gasteiger partial charge on any atom is -0.393 e. The Morgan fingerprint density at radius 2 is 1.74 bits per heavy atom. The van der Waals surface area contributed by atoms with Crippen LogP contribution in [0.4, 0.5) is 0 Å². The summed E-state index contributed by atoms with van der Waals surface area (Å²) < 4.78 is 0. The van der Waals surface area contributed by atoms with Crippen LogP contribution < -0.4 is 0 Å². The van der Waals surface area contributed by atoms with Crippen molar-refractivity contribution >= 4 is 0 Å². The molecule has 0 radical (unpaired) electrons. The van der Waals surface area contributed by atoms with Gasteiger partial charge in [-0.05, 0) is 63.1 Å². The van der Waals surface area contributed by atoms with Crippen LogP contribution in [-0.4, -0.2) is 35.2 Å². The summed E-state index contributed by atoms with van der Waals surface area (Å²) in [7, 11) is 0. The Morgan fingerprint density at radius 1 is 1.00 bits per heavy atom. The number of hydrogen-bond donors (Lipinski definition) is 1. The largest absolute Gasteiger partial charge is 0.393 e. The Hall–Kier alpha value is -0.860. The molecular weight excluding hydrogens is 234 g/mol. The average Bonchev–Trinajstić information content (AvgIpc) is 2.87. The molecule has 2 heteroatoms. The van der Waals surface area contributed by atoms with Crippen LogP contribution in [0.15, 0.2) is 30.3 Å². The Labute approximate surface area is 116 Å².